The van der Waals surface area contributed by atoms with Gasteiger partial charge in [-0.25, -0.2) is 9.37 Å². The van der Waals surface area contributed by atoms with E-state index in [1.54, 1.807) is 0 Å². The molecule has 0 radical (unpaired) electrons. The Balaban J connectivity index is 2.38. The topological polar surface area (TPSA) is 51.4 Å². The minimum atomic E-state index is -0.347. The molecule has 2 N–H and O–H groups in total. The molecule has 0 atom stereocenters. The molecule has 1 fully saturated rings. The molecule has 0 unspecified atom stereocenters. The number of nitrogens with zero attached hydrogens (tertiary/aromatic N) is 2. The normalized spacial score (nSPS) is 19.4. The Labute approximate surface area is 101 Å². The summed E-state index contributed by atoms with van der Waals surface area (Å²) in [5.74, 6) is 0.419. The van der Waals surface area contributed by atoms with E-state index in [4.69, 9.17) is 10.5 Å². The minimum absolute atomic E-state index is 0.146. The lowest BCUT2D eigenvalue weighted by Gasteiger charge is -2.43. The van der Waals surface area contributed by atoms with Crippen LogP contribution in [0.15, 0.2) is 12.3 Å². The van der Waals surface area contributed by atoms with Gasteiger partial charge in [0.25, 0.3) is 0 Å². The van der Waals surface area contributed by atoms with Crippen molar-refractivity contribution in [2.24, 2.45) is 5.73 Å². The van der Waals surface area contributed by atoms with Crippen LogP contribution in [-0.4, -0.2) is 30.3 Å². The lowest BCUT2D eigenvalue weighted by Crippen LogP contribution is -2.54. The molecule has 4 nitrogen and oxygen atoms in total. The molecule has 0 bridgehead atoms. The van der Waals surface area contributed by atoms with E-state index in [1.165, 1.54) is 12.3 Å². The molecule has 0 spiro atoms. The number of pyridine rings is 1. The van der Waals surface area contributed by atoms with Crippen molar-refractivity contribution in [3.63, 3.8) is 0 Å². The zero-order valence-electron chi connectivity index (χ0n) is 10.2. The standard InChI is InChI=1S/C12H18FN3O/c1-12(2)8-17-4-3-16(12)11-9(6-14)5-10(13)7-15-11/h5,7H,3-4,6,8,14H2,1-2H3. The predicted molar refractivity (Wildman–Crippen MR) is 64.3 cm³/mol. The van der Waals surface area contributed by atoms with E-state index in [9.17, 15) is 4.39 Å². The molecule has 17 heavy (non-hydrogen) atoms. The molecule has 0 saturated carbocycles. The maximum Gasteiger partial charge on any atom is 0.141 e. The van der Waals surface area contributed by atoms with Gasteiger partial charge in [0.1, 0.15) is 11.6 Å². The van der Waals surface area contributed by atoms with E-state index in [2.05, 4.69) is 23.7 Å². The summed E-state index contributed by atoms with van der Waals surface area (Å²) in [6, 6.07) is 1.45. The quantitative estimate of drug-likeness (QED) is 0.845. The number of ether oxygens (including phenoxy) is 1. The number of rotatable bonds is 2. The Morgan fingerprint density at radius 1 is 1.59 bits per heavy atom. The van der Waals surface area contributed by atoms with Crippen LogP contribution in [-0.2, 0) is 11.3 Å². The lowest BCUT2D eigenvalue weighted by atomic mass is 10.0. The van der Waals surface area contributed by atoms with Gasteiger partial charge in [-0.1, -0.05) is 0 Å². The van der Waals surface area contributed by atoms with Crippen molar-refractivity contribution in [1.82, 2.24) is 4.98 Å². The van der Waals surface area contributed by atoms with E-state index < -0.39 is 0 Å². The zero-order chi connectivity index (χ0) is 12.5. The van der Waals surface area contributed by atoms with E-state index >= 15 is 0 Å². The van der Waals surface area contributed by atoms with E-state index in [-0.39, 0.29) is 17.9 Å². The molecule has 0 aliphatic carbocycles. The smallest absolute Gasteiger partial charge is 0.141 e. The molecule has 1 aliphatic rings. The van der Waals surface area contributed by atoms with E-state index in [0.29, 0.717) is 13.2 Å². The SMILES string of the molecule is CC1(C)COCCN1c1ncc(F)cc1CN. The van der Waals surface area contributed by atoms with Crippen molar-refractivity contribution in [3.05, 3.63) is 23.6 Å². The number of halogens is 1. The van der Waals surface area contributed by atoms with Gasteiger partial charge in [-0.15, -0.1) is 0 Å². The Bertz CT molecular complexity index is 409. The molecule has 94 valence electrons. The summed E-state index contributed by atoms with van der Waals surface area (Å²) in [5, 5.41) is 0. The molecule has 5 heteroatoms. The molecule has 2 rings (SSSR count). The number of hydrogen-bond donors (Lipinski definition) is 1. The van der Waals surface area contributed by atoms with Crippen LogP contribution in [0.25, 0.3) is 0 Å². The molecule has 1 aromatic heterocycles. The number of hydrogen-bond acceptors (Lipinski definition) is 4. The summed E-state index contributed by atoms with van der Waals surface area (Å²) in [6.45, 7) is 6.49. The fourth-order valence-electron chi connectivity index (χ4n) is 2.12. The van der Waals surface area contributed by atoms with Gasteiger partial charge in [0.2, 0.25) is 0 Å². The first-order valence-electron chi connectivity index (χ1n) is 5.74. The summed E-state index contributed by atoms with van der Waals surface area (Å²) >= 11 is 0. The summed E-state index contributed by atoms with van der Waals surface area (Å²) in [4.78, 5) is 6.32. The van der Waals surface area contributed by atoms with Crippen LogP contribution < -0.4 is 10.6 Å². The van der Waals surface area contributed by atoms with Gasteiger partial charge in [0.15, 0.2) is 0 Å². The zero-order valence-corrected chi connectivity index (χ0v) is 10.2. The second-order valence-corrected chi connectivity index (χ2v) is 4.86. The molecule has 1 aromatic rings. The summed E-state index contributed by atoms with van der Waals surface area (Å²) in [5.41, 5.74) is 6.24. The van der Waals surface area contributed by atoms with Gasteiger partial charge in [-0.05, 0) is 19.9 Å². The summed E-state index contributed by atoms with van der Waals surface area (Å²) < 4.78 is 18.6. The highest BCUT2D eigenvalue weighted by atomic mass is 19.1. The second-order valence-electron chi connectivity index (χ2n) is 4.86. The Morgan fingerprint density at radius 2 is 2.35 bits per heavy atom. The maximum atomic E-state index is 13.1. The van der Waals surface area contributed by atoms with Gasteiger partial charge < -0.3 is 15.4 Å². The van der Waals surface area contributed by atoms with Crippen LogP contribution >= 0.6 is 0 Å². The fraction of sp³-hybridized carbons (Fsp3) is 0.583. The maximum absolute atomic E-state index is 13.1. The fourth-order valence-corrected chi connectivity index (χ4v) is 2.12. The van der Waals surface area contributed by atoms with Crippen LogP contribution in [0, 0.1) is 5.82 Å². The largest absolute Gasteiger partial charge is 0.377 e. The number of aromatic nitrogens is 1. The minimum Gasteiger partial charge on any atom is -0.377 e. The van der Waals surface area contributed by atoms with Crippen LogP contribution in [0.1, 0.15) is 19.4 Å². The highest BCUT2D eigenvalue weighted by Crippen LogP contribution is 2.28. The molecule has 1 aliphatic heterocycles. The first-order chi connectivity index (χ1) is 8.04. The Morgan fingerprint density at radius 3 is 3.00 bits per heavy atom. The number of nitrogens with two attached hydrogens (primary N) is 1. The highest BCUT2D eigenvalue weighted by Gasteiger charge is 2.32. The molecule has 2 heterocycles. The van der Waals surface area contributed by atoms with Crippen molar-refractivity contribution >= 4 is 5.82 Å². The van der Waals surface area contributed by atoms with Gasteiger partial charge >= 0.3 is 0 Å². The first-order valence-corrected chi connectivity index (χ1v) is 5.74. The average molecular weight is 239 g/mol. The lowest BCUT2D eigenvalue weighted by molar-refractivity contribution is 0.0638. The third kappa shape index (κ3) is 2.40. The Kier molecular flexibility index (Phi) is 3.31. The molecular weight excluding hydrogens is 221 g/mol. The monoisotopic (exact) mass is 239 g/mol. The number of anilines is 1. The third-order valence-electron chi connectivity index (χ3n) is 3.03. The van der Waals surface area contributed by atoms with E-state index in [0.717, 1.165) is 17.9 Å². The number of morpholine rings is 1. The molecular formula is C12H18FN3O. The van der Waals surface area contributed by atoms with Crippen molar-refractivity contribution in [2.45, 2.75) is 25.9 Å². The van der Waals surface area contributed by atoms with Gasteiger partial charge in [0, 0.05) is 18.7 Å². The van der Waals surface area contributed by atoms with Gasteiger partial charge in [-0.2, -0.15) is 0 Å². The van der Waals surface area contributed by atoms with Crippen LogP contribution in [0.2, 0.25) is 0 Å². The summed E-state index contributed by atoms with van der Waals surface area (Å²) in [7, 11) is 0. The summed E-state index contributed by atoms with van der Waals surface area (Å²) in [6.07, 6.45) is 1.24. The van der Waals surface area contributed by atoms with Crippen molar-refractivity contribution in [2.75, 3.05) is 24.7 Å². The van der Waals surface area contributed by atoms with Crippen molar-refractivity contribution in [1.29, 1.82) is 0 Å². The predicted octanol–water partition coefficient (Wildman–Crippen LogP) is 1.29. The molecule has 0 aromatic carbocycles. The second kappa shape index (κ2) is 4.58. The van der Waals surface area contributed by atoms with Gasteiger partial charge in [-0.3, -0.25) is 0 Å². The van der Waals surface area contributed by atoms with E-state index in [1.807, 2.05) is 0 Å². The van der Waals surface area contributed by atoms with Crippen molar-refractivity contribution < 1.29 is 9.13 Å². The van der Waals surface area contributed by atoms with Crippen LogP contribution in [0.5, 0.6) is 0 Å². The van der Waals surface area contributed by atoms with Gasteiger partial charge in [0.05, 0.1) is 24.9 Å². The Hall–Kier alpha value is -1.20. The molecule has 1 saturated heterocycles. The third-order valence-corrected chi connectivity index (χ3v) is 3.03. The van der Waals surface area contributed by atoms with Crippen molar-refractivity contribution in [3.8, 4) is 0 Å². The first kappa shape index (κ1) is 12.3. The molecule has 0 amide bonds. The van der Waals surface area contributed by atoms with Crippen LogP contribution in [0.4, 0.5) is 10.2 Å². The highest BCUT2D eigenvalue weighted by molar-refractivity contribution is 5.49. The van der Waals surface area contributed by atoms with Crippen LogP contribution in [0.3, 0.4) is 0 Å². The average Bonchev–Trinajstić information content (AvgIpc) is 2.29.